The second-order valence-electron chi connectivity index (χ2n) is 2.54. The molecule has 0 aliphatic carbocycles. The van der Waals surface area contributed by atoms with Crippen LogP contribution in [0, 0.1) is 5.92 Å². The molecule has 0 N–H and O–H groups in total. The van der Waals surface area contributed by atoms with Gasteiger partial charge in [0.05, 0.1) is 0 Å². The molecule has 0 saturated heterocycles. The maximum absolute atomic E-state index is 2.27. The van der Waals surface area contributed by atoms with E-state index in [1.807, 2.05) is 0 Å². The van der Waals surface area contributed by atoms with Crippen molar-refractivity contribution in [3.8, 4) is 0 Å². The summed E-state index contributed by atoms with van der Waals surface area (Å²) < 4.78 is 0. The summed E-state index contributed by atoms with van der Waals surface area (Å²) in [4.78, 5) is 0. The predicted molar refractivity (Wildman–Crippen MR) is 41.6 cm³/mol. The molecule has 0 aliphatic heterocycles. The fourth-order valence-electron chi connectivity index (χ4n) is 0.612. The lowest BCUT2D eigenvalue weighted by molar-refractivity contribution is 0.550. The van der Waals surface area contributed by atoms with E-state index in [1.165, 1.54) is 19.3 Å². The van der Waals surface area contributed by atoms with Gasteiger partial charge in [0.2, 0.25) is 0 Å². The first kappa shape index (κ1) is 11.1. The molecule has 0 aromatic heterocycles. The third-order valence-electron chi connectivity index (χ3n) is 1.14. The Bertz CT molecular complexity index is 33.4. The SMILES string of the molecule is CCCCC(C)C.Cl. The lowest BCUT2D eigenvalue weighted by atomic mass is 10.1. The van der Waals surface area contributed by atoms with Crippen LogP contribution in [-0.2, 0) is 0 Å². The standard InChI is InChI=1S/C7H16.ClH/c1-4-5-6-7(2)3;/h7H,4-6H2,1-3H3;1H. The first-order valence-corrected chi connectivity index (χ1v) is 3.27. The van der Waals surface area contributed by atoms with E-state index < -0.39 is 0 Å². The molecule has 52 valence electrons. The summed E-state index contributed by atoms with van der Waals surface area (Å²) in [7, 11) is 0. The summed E-state index contributed by atoms with van der Waals surface area (Å²) in [5.74, 6) is 0.903. The lowest BCUT2D eigenvalue weighted by Crippen LogP contribution is -1.83. The van der Waals surface area contributed by atoms with E-state index in [0.29, 0.717) is 0 Å². The minimum Gasteiger partial charge on any atom is -0.147 e. The van der Waals surface area contributed by atoms with Gasteiger partial charge in [-0.3, -0.25) is 0 Å². The molecule has 8 heavy (non-hydrogen) atoms. The largest absolute Gasteiger partial charge is 0.147 e. The molecule has 0 atom stereocenters. The highest BCUT2D eigenvalue weighted by Gasteiger charge is 1.88. The van der Waals surface area contributed by atoms with Crippen LogP contribution in [0.25, 0.3) is 0 Å². The van der Waals surface area contributed by atoms with Crippen molar-refractivity contribution >= 4 is 12.4 Å². The van der Waals surface area contributed by atoms with E-state index in [0.717, 1.165) is 5.92 Å². The van der Waals surface area contributed by atoms with Crippen molar-refractivity contribution in [2.24, 2.45) is 5.92 Å². The topological polar surface area (TPSA) is 0 Å². The Balaban J connectivity index is 0. The monoisotopic (exact) mass is 136 g/mol. The Kier molecular flexibility index (Phi) is 10.1. The van der Waals surface area contributed by atoms with Gasteiger partial charge in [0.25, 0.3) is 0 Å². The van der Waals surface area contributed by atoms with Crippen LogP contribution in [0.1, 0.15) is 40.0 Å². The zero-order chi connectivity index (χ0) is 5.70. The normalized spacial score (nSPS) is 9.00. The van der Waals surface area contributed by atoms with Gasteiger partial charge in [-0.1, -0.05) is 40.0 Å². The van der Waals surface area contributed by atoms with Gasteiger partial charge in [0, 0.05) is 0 Å². The summed E-state index contributed by atoms with van der Waals surface area (Å²) in [5, 5.41) is 0. The molecule has 0 amide bonds. The highest BCUT2D eigenvalue weighted by Crippen LogP contribution is 2.04. The van der Waals surface area contributed by atoms with Crippen LogP contribution in [0.4, 0.5) is 0 Å². The van der Waals surface area contributed by atoms with Crippen LogP contribution in [0.3, 0.4) is 0 Å². The molecule has 1 heteroatoms. The molecule has 0 bridgehead atoms. The van der Waals surface area contributed by atoms with E-state index in [4.69, 9.17) is 0 Å². The fraction of sp³-hybridized carbons (Fsp3) is 1.00. The van der Waals surface area contributed by atoms with Gasteiger partial charge in [-0.15, -0.1) is 12.4 Å². The van der Waals surface area contributed by atoms with Crippen molar-refractivity contribution in [3.05, 3.63) is 0 Å². The average Bonchev–Trinajstić information content (AvgIpc) is 1.61. The number of hydrogen-bond acceptors (Lipinski definition) is 0. The van der Waals surface area contributed by atoms with Crippen molar-refractivity contribution in [2.75, 3.05) is 0 Å². The van der Waals surface area contributed by atoms with Crippen LogP contribution in [0.5, 0.6) is 0 Å². The van der Waals surface area contributed by atoms with Gasteiger partial charge in [0.15, 0.2) is 0 Å². The Morgan fingerprint density at radius 3 is 1.88 bits per heavy atom. The zero-order valence-corrected chi connectivity index (χ0v) is 6.92. The zero-order valence-electron chi connectivity index (χ0n) is 6.11. The van der Waals surface area contributed by atoms with Gasteiger partial charge in [0.1, 0.15) is 0 Å². The second kappa shape index (κ2) is 7.29. The number of halogens is 1. The summed E-state index contributed by atoms with van der Waals surface area (Å²) in [5.41, 5.74) is 0. The van der Waals surface area contributed by atoms with Crippen LogP contribution >= 0.6 is 12.4 Å². The summed E-state index contributed by atoms with van der Waals surface area (Å²) in [6.07, 6.45) is 4.15. The Hall–Kier alpha value is 0.290. The Morgan fingerprint density at radius 1 is 1.25 bits per heavy atom. The first-order valence-electron chi connectivity index (χ1n) is 3.27. The number of rotatable bonds is 3. The van der Waals surface area contributed by atoms with E-state index in [9.17, 15) is 0 Å². The van der Waals surface area contributed by atoms with Crippen LogP contribution in [-0.4, -0.2) is 0 Å². The smallest absolute Gasteiger partial charge is 0.0471 e. The molecule has 0 heterocycles. The van der Waals surface area contributed by atoms with Crippen LogP contribution in [0.2, 0.25) is 0 Å². The molecule has 0 nitrogen and oxygen atoms in total. The van der Waals surface area contributed by atoms with E-state index in [1.54, 1.807) is 0 Å². The van der Waals surface area contributed by atoms with E-state index in [2.05, 4.69) is 20.8 Å². The summed E-state index contributed by atoms with van der Waals surface area (Å²) >= 11 is 0. The molecular weight excluding hydrogens is 120 g/mol. The number of unbranched alkanes of at least 4 members (excludes halogenated alkanes) is 1. The van der Waals surface area contributed by atoms with Crippen molar-refractivity contribution in [2.45, 2.75) is 40.0 Å². The fourth-order valence-corrected chi connectivity index (χ4v) is 0.612. The third-order valence-corrected chi connectivity index (χ3v) is 1.14. The van der Waals surface area contributed by atoms with E-state index in [-0.39, 0.29) is 12.4 Å². The van der Waals surface area contributed by atoms with Gasteiger partial charge < -0.3 is 0 Å². The first-order chi connectivity index (χ1) is 3.27. The summed E-state index contributed by atoms with van der Waals surface area (Å²) in [6.45, 7) is 6.79. The molecule has 0 unspecified atom stereocenters. The maximum atomic E-state index is 2.27. The number of hydrogen-bond donors (Lipinski definition) is 0. The molecule has 0 radical (unpaired) electrons. The third kappa shape index (κ3) is 9.56. The highest BCUT2D eigenvalue weighted by molar-refractivity contribution is 5.85. The molecule has 0 fully saturated rings. The molecule has 0 rings (SSSR count). The Labute approximate surface area is 59.1 Å². The molecule has 0 saturated carbocycles. The van der Waals surface area contributed by atoms with Crippen molar-refractivity contribution < 1.29 is 0 Å². The van der Waals surface area contributed by atoms with E-state index >= 15 is 0 Å². The van der Waals surface area contributed by atoms with Gasteiger partial charge in [-0.05, 0) is 5.92 Å². The quantitative estimate of drug-likeness (QED) is 0.559. The minimum absolute atomic E-state index is 0. The predicted octanol–water partition coefficient (Wildman–Crippen LogP) is 3.25. The van der Waals surface area contributed by atoms with Crippen molar-refractivity contribution in [3.63, 3.8) is 0 Å². The average molecular weight is 137 g/mol. The van der Waals surface area contributed by atoms with Gasteiger partial charge in [-0.2, -0.15) is 0 Å². The van der Waals surface area contributed by atoms with Crippen molar-refractivity contribution in [1.82, 2.24) is 0 Å². The summed E-state index contributed by atoms with van der Waals surface area (Å²) in [6, 6.07) is 0. The van der Waals surface area contributed by atoms with Gasteiger partial charge >= 0.3 is 0 Å². The lowest BCUT2D eigenvalue weighted by Gasteiger charge is -1.98. The van der Waals surface area contributed by atoms with Gasteiger partial charge in [-0.25, -0.2) is 0 Å². The molecule has 0 spiro atoms. The molecular formula is C7H17Cl. The van der Waals surface area contributed by atoms with Crippen molar-refractivity contribution in [1.29, 1.82) is 0 Å². The van der Waals surface area contributed by atoms with Crippen LogP contribution < -0.4 is 0 Å². The maximum Gasteiger partial charge on any atom is -0.0471 e. The molecule has 0 aromatic carbocycles. The minimum atomic E-state index is 0. The Morgan fingerprint density at radius 2 is 1.75 bits per heavy atom. The molecule has 0 aromatic rings. The highest BCUT2D eigenvalue weighted by atomic mass is 35.5. The van der Waals surface area contributed by atoms with Crippen LogP contribution in [0.15, 0.2) is 0 Å². The molecule has 0 aliphatic rings. The second-order valence-corrected chi connectivity index (χ2v) is 2.54.